The average Bonchev–Trinajstić information content (AvgIpc) is 3.17. The molecule has 338 valence electrons. The van der Waals surface area contributed by atoms with Gasteiger partial charge in [-0.25, -0.2) is 4.79 Å². The van der Waals surface area contributed by atoms with Crippen LogP contribution in [-0.2, 0) is 59.2 Å². The number of carbonyl (C=O) groups is 11. The van der Waals surface area contributed by atoms with Crippen molar-refractivity contribution in [2.45, 2.75) is 114 Å². The number of hydrogen-bond acceptors (Lipinski definition) is 13. The van der Waals surface area contributed by atoms with Gasteiger partial charge in [-0.1, -0.05) is 44.2 Å². The Morgan fingerprint density at radius 1 is 0.541 bits per heavy atom. The lowest BCUT2D eigenvalue weighted by Crippen LogP contribution is -2.60. The highest BCUT2D eigenvalue weighted by Crippen LogP contribution is 2.09. The number of carbonyl (C=O) groups excluding carboxylic acids is 9. The van der Waals surface area contributed by atoms with Crippen molar-refractivity contribution < 1.29 is 63.0 Å². The van der Waals surface area contributed by atoms with Gasteiger partial charge in [0.15, 0.2) is 0 Å². The summed E-state index contributed by atoms with van der Waals surface area (Å²) in [5.74, 6) is -13.2. The lowest BCUT2D eigenvalue weighted by molar-refractivity contribution is -0.143. The van der Waals surface area contributed by atoms with Crippen LogP contribution < -0.4 is 60.6 Å². The third kappa shape index (κ3) is 20.2. The second-order valence-electron chi connectivity index (χ2n) is 14.4. The monoisotopic (exact) mass is 863 g/mol. The quantitative estimate of drug-likeness (QED) is 0.0335. The molecule has 0 aliphatic rings. The minimum Gasteiger partial charge on any atom is -0.481 e. The van der Waals surface area contributed by atoms with Crippen LogP contribution in [0, 0.1) is 5.92 Å². The third-order valence-corrected chi connectivity index (χ3v) is 8.90. The van der Waals surface area contributed by atoms with Crippen molar-refractivity contribution in [1.29, 1.82) is 0 Å². The van der Waals surface area contributed by atoms with Crippen LogP contribution in [0.4, 0.5) is 0 Å². The summed E-state index contributed by atoms with van der Waals surface area (Å²) in [6, 6.07) is -3.29. The summed E-state index contributed by atoms with van der Waals surface area (Å²) in [6.45, 7) is 3.47. The van der Waals surface area contributed by atoms with E-state index in [2.05, 4.69) is 31.9 Å². The lowest BCUT2D eigenvalue weighted by Gasteiger charge is -2.27. The maximum atomic E-state index is 13.9. The summed E-state index contributed by atoms with van der Waals surface area (Å²) in [4.78, 5) is 140. The van der Waals surface area contributed by atoms with Crippen LogP contribution in [0.25, 0.3) is 0 Å². The molecule has 0 saturated carbocycles. The van der Waals surface area contributed by atoms with Crippen molar-refractivity contribution in [2.75, 3.05) is 6.54 Å². The number of carboxylic acids is 2. The molecule has 24 nitrogen and oxygen atoms in total. The fourth-order valence-electron chi connectivity index (χ4n) is 5.50. The number of amides is 9. The molecule has 7 atom stereocenters. The highest BCUT2D eigenvalue weighted by atomic mass is 16.4. The molecule has 1 aromatic rings. The standard InChI is InChI=1S/C37H57N11O13/c1-18(2)30(42)36(59)48-24(16-28(41)51)34(57)47-25(17-29(52)53)35(58)43-20(11-12-26(39)49)31(54)45-22(14-19-8-4-3-5-9-19)32(55)46-23(15-27(40)50)33(56)44-21(37(60)61)10-6-7-13-38/h3-5,8-9,18,20-25,30H,6-7,10-17,38,42H2,1-2H3,(H2,39,49)(H2,40,50)(H2,41,51)(H,43,58)(H,44,56)(H,45,54)(H,46,55)(H,47,57)(H,48,59)(H,52,53)(H,60,61)/t20-,21-,22-,23-,24-,25-,30-/m0/s1. The van der Waals surface area contributed by atoms with Gasteiger partial charge in [0.05, 0.1) is 25.3 Å². The van der Waals surface area contributed by atoms with Gasteiger partial charge in [0.25, 0.3) is 0 Å². The molecule has 0 heterocycles. The van der Waals surface area contributed by atoms with E-state index in [1.807, 2.05) is 0 Å². The molecule has 0 fully saturated rings. The average molecular weight is 864 g/mol. The van der Waals surface area contributed by atoms with Crippen LogP contribution in [0.15, 0.2) is 30.3 Å². The SMILES string of the molecule is CC(C)[C@H](N)C(=O)N[C@@H](CC(N)=O)C(=O)N[C@@H](CC(=O)O)C(=O)N[C@@H](CCC(N)=O)C(=O)N[C@@H](Cc1ccccc1)C(=O)N[C@@H](CC(N)=O)C(=O)N[C@@H](CCCCN)C(=O)O. The number of nitrogens with one attached hydrogen (secondary N) is 6. The highest BCUT2D eigenvalue weighted by molar-refractivity contribution is 5.99. The van der Waals surface area contributed by atoms with Crippen LogP contribution in [0.5, 0.6) is 0 Å². The molecule has 0 radical (unpaired) electrons. The molecule has 0 spiro atoms. The maximum Gasteiger partial charge on any atom is 0.326 e. The van der Waals surface area contributed by atoms with Crippen LogP contribution in [0.3, 0.4) is 0 Å². The van der Waals surface area contributed by atoms with Crippen LogP contribution in [0.2, 0.25) is 0 Å². The van der Waals surface area contributed by atoms with Gasteiger partial charge >= 0.3 is 11.9 Å². The molecule has 0 bridgehead atoms. The zero-order valence-electron chi connectivity index (χ0n) is 33.8. The predicted octanol–water partition coefficient (Wildman–Crippen LogP) is -5.17. The Balaban J connectivity index is 3.50. The van der Waals surface area contributed by atoms with Gasteiger partial charge in [-0.05, 0) is 43.7 Å². The highest BCUT2D eigenvalue weighted by Gasteiger charge is 2.35. The van der Waals surface area contributed by atoms with Crippen molar-refractivity contribution in [2.24, 2.45) is 34.6 Å². The molecule has 0 aliphatic heterocycles. The Morgan fingerprint density at radius 2 is 0.967 bits per heavy atom. The minimum absolute atomic E-state index is 0.0326. The summed E-state index contributed by atoms with van der Waals surface area (Å²) < 4.78 is 0. The molecular formula is C37H57N11O13. The fraction of sp³-hybridized carbons (Fsp3) is 0.541. The molecular weight excluding hydrogens is 806 g/mol. The van der Waals surface area contributed by atoms with E-state index in [1.165, 1.54) is 0 Å². The van der Waals surface area contributed by atoms with Gasteiger partial charge in [0.1, 0.15) is 36.3 Å². The number of unbranched alkanes of at least 4 members (excludes halogenated alkanes) is 1. The van der Waals surface area contributed by atoms with Gasteiger partial charge in [-0.3, -0.25) is 47.9 Å². The molecule has 0 aromatic heterocycles. The number of carboxylic acid groups (broad SMARTS) is 2. The van der Waals surface area contributed by atoms with Gasteiger partial charge in [0, 0.05) is 12.8 Å². The Kier molecular flexibility index (Phi) is 22.7. The number of rotatable bonds is 29. The molecule has 0 aliphatic carbocycles. The zero-order chi connectivity index (χ0) is 46.4. The van der Waals surface area contributed by atoms with E-state index in [-0.39, 0.29) is 19.4 Å². The summed E-state index contributed by atoms with van der Waals surface area (Å²) in [6.07, 6.45) is -3.27. The maximum absolute atomic E-state index is 13.9. The lowest BCUT2D eigenvalue weighted by atomic mass is 10.0. The van der Waals surface area contributed by atoms with Crippen molar-refractivity contribution in [1.82, 2.24) is 31.9 Å². The first kappa shape index (κ1) is 52.3. The summed E-state index contributed by atoms with van der Waals surface area (Å²) in [5, 5.41) is 32.7. The summed E-state index contributed by atoms with van der Waals surface area (Å²) in [7, 11) is 0. The molecule has 24 heteroatoms. The van der Waals surface area contributed by atoms with Gasteiger partial charge in [0.2, 0.25) is 53.2 Å². The largest absolute Gasteiger partial charge is 0.481 e. The second-order valence-corrected chi connectivity index (χ2v) is 14.4. The molecule has 1 aromatic carbocycles. The molecule has 0 saturated heterocycles. The Bertz CT molecular complexity index is 1750. The molecule has 61 heavy (non-hydrogen) atoms. The number of hydrogen-bond donors (Lipinski definition) is 13. The predicted molar refractivity (Wildman–Crippen MR) is 213 cm³/mol. The van der Waals surface area contributed by atoms with E-state index in [1.54, 1.807) is 44.2 Å². The number of nitrogens with two attached hydrogens (primary N) is 5. The van der Waals surface area contributed by atoms with Crippen molar-refractivity contribution >= 4 is 65.1 Å². The van der Waals surface area contributed by atoms with Gasteiger partial charge < -0.3 is 70.8 Å². The Labute approximate surface area is 350 Å². The molecule has 1 rings (SSSR count). The summed E-state index contributed by atoms with van der Waals surface area (Å²) >= 11 is 0. The van der Waals surface area contributed by atoms with E-state index in [0.717, 1.165) is 0 Å². The van der Waals surface area contributed by atoms with Gasteiger partial charge in [-0.2, -0.15) is 0 Å². The fourth-order valence-corrected chi connectivity index (χ4v) is 5.50. The van der Waals surface area contributed by atoms with Crippen LogP contribution >= 0.6 is 0 Å². The zero-order valence-corrected chi connectivity index (χ0v) is 33.8. The van der Waals surface area contributed by atoms with Crippen molar-refractivity contribution in [3.63, 3.8) is 0 Å². The Hall–Kier alpha value is -6.69. The normalized spacial score (nSPS) is 14.3. The Morgan fingerprint density at radius 3 is 1.41 bits per heavy atom. The van der Waals surface area contributed by atoms with Gasteiger partial charge in [-0.15, -0.1) is 0 Å². The number of aliphatic carboxylic acids is 2. The third-order valence-electron chi connectivity index (χ3n) is 8.90. The number of primary amides is 3. The second kappa shape index (κ2) is 26.4. The van der Waals surface area contributed by atoms with E-state index in [4.69, 9.17) is 28.7 Å². The molecule has 9 amide bonds. The minimum atomic E-state index is -1.97. The van der Waals surface area contributed by atoms with E-state index in [9.17, 15) is 63.0 Å². The van der Waals surface area contributed by atoms with Crippen molar-refractivity contribution in [3.8, 4) is 0 Å². The van der Waals surface area contributed by atoms with Crippen molar-refractivity contribution in [3.05, 3.63) is 35.9 Å². The van der Waals surface area contributed by atoms with E-state index >= 15 is 0 Å². The first-order chi connectivity index (χ1) is 28.5. The van der Waals surface area contributed by atoms with Crippen LogP contribution in [0.1, 0.15) is 70.8 Å². The first-order valence-electron chi connectivity index (χ1n) is 19.2. The van der Waals surface area contributed by atoms with E-state index in [0.29, 0.717) is 18.4 Å². The van der Waals surface area contributed by atoms with E-state index < -0.39 is 145 Å². The first-order valence-corrected chi connectivity index (χ1v) is 19.2. The molecule has 0 unspecified atom stereocenters. The topological polar surface area (TPSA) is 431 Å². The number of benzene rings is 1. The van der Waals surface area contributed by atoms with Crippen LogP contribution in [-0.4, -0.2) is 124 Å². The molecule has 18 N–H and O–H groups in total. The summed E-state index contributed by atoms with van der Waals surface area (Å²) in [5.41, 5.74) is 27.6. The smallest absolute Gasteiger partial charge is 0.326 e.